The number of unbranched alkanes of at least 4 members (excludes halogenated alkanes) is 10. The molecule has 0 saturated heterocycles. The summed E-state index contributed by atoms with van der Waals surface area (Å²) >= 11 is 0. The van der Waals surface area contributed by atoms with E-state index in [-0.39, 0.29) is 5.96 Å². The third kappa shape index (κ3) is 30.2. The van der Waals surface area contributed by atoms with Gasteiger partial charge < -0.3 is 24.4 Å². The monoisotopic (exact) mass is 698 g/mol. The average Bonchev–Trinajstić information content (AvgIpc) is 2.94. The Morgan fingerprint density at radius 1 is 0.571 bits per heavy atom. The van der Waals surface area contributed by atoms with Crippen LogP contribution in [0.15, 0.2) is 9.98 Å². The van der Waals surface area contributed by atoms with E-state index in [4.69, 9.17) is 14.2 Å². The van der Waals surface area contributed by atoms with Crippen LogP contribution in [-0.4, -0.2) is 91.5 Å². The van der Waals surface area contributed by atoms with Crippen LogP contribution in [-0.2, 0) is 19.0 Å². The quantitative estimate of drug-likeness (QED) is 0.0383. The van der Waals surface area contributed by atoms with E-state index < -0.39 is 35.1 Å². The molecule has 14 nitrogen and oxygen atoms in total. The van der Waals surface area contributed by atoms with Crippen LogP contribution in [0.25, 0.3) is 0 Å². The van der Waals surface area contributed by atoms with Crippen LogP contribution < -0.4 is 21.3 Å². The summed E-state index contributed by atoms with van der Waals surface area (Å²) in [6, 6.07) is 0. The Balaban J connectivity index is 4.11. The van der Waals surface area contributed by atoms with E-state index in [1.54, 1.807) is 48.6 Å². The van der Waals surface area contributed by atoms with Gasteiger partial charge in [-0.05, 0) is 88.0 Å². The van der Waals surface area contributed by atoms with Crippen molar-refractivity contribution in [1.82, 2.24) is 26.2 Å². The number of guanidine groups is 2. The highest BCUT2D eigenvalue weighted by molar-refractivity contribution is 6.01. The van der Waals surface area contributed by atoms with Gasteiger partial charge in [0, 0.05) is 33.2 Å². The van der Waals surface area contributed by atoms with E-state index in [1.807, 2.05) is 25.7 Å². The summed E-state index contributed by atoms with van der Waals surface area (Å²) in [6.45, 7) is 18.7. The second-order valence-electron chi connectivity index (χ2n) is 15.0. The lowest BCUT2D eigenvalue weighted by Crippen LogP contribution is -2.47. The van der Waals surface area contributed by atoms with Crippen LogP contribution in [0.1, 0.15) is 139 Å². The topological polar surface area (TPSA) is 172 Å². The molecule has 0 aromatic rings. The van der Waals surface area contributed by atoms with Gasteiger partial charge in [-0.3, -0.25) is 30.7 Å². The zero-order valence-corrected chi connectivity index (χ0v) is 32.1. The van der Waals surface area contributed by atoms with Crippen LogP contribution in [0.4, 0.5) is 14.4 Å². The van der Waals surface area contributed by atoms with Crippen molar-refractivity contribution in [3.8, 4) is 0 Å². The van der Waals surface area contributed by atoms with E-state index in [0.717, 1.165) is 103 Å². The zero-order chi connectivity index (χ0) is 37.3. The number of nitrogens with one attached hydrogen (secondary N) is 4. The zero-order valence-electron chi connectivity index (χ0n) is 32.1. The highest BCUT2D eigenvalue weighted by Crippen LogP contribution is 2.10. The largest absolute Gasteiger partial charge is 0.444 e. The van der Waals surface area contributed by atoms with Crippen LogP contribution in [0.2, 0.25) is 0 Å². The number of carbonyl (C=O) groups excluding carboxylic acids is 4. The highest BCUT2D eigenvalue weighted by atomic mass is 16.6. The van der Waals surface area contributed by atoms with Gasteiger partial charge in [0.15, 0.2) is 0 Å². The Hall–Kier alpha value is -3.58. The van der Waals surface area contributed by atoms with Crippen LogP contribution in [0.5, 0.6) is 0 Å². The molecule has 0 aromatic heterocycles. The number of hydrogen-bond donors (Lipinski definition) is 4. The Morgan fingerprint density at radius 3 is 1.33 bits per heavy atom. The maximum atomic E-state index is 12.2. The summed E-state index contributed by atoms with van der Waals surface area (Å²) in [5, 5.41) is 10.7. The van der Waals surface area contributed by atoms with Gasteiger partial charge in [-0.15, -0.1) is 0 Å². The van der Waals surface area contributed by atoms with E-state index in [2.05, 4.69) is 31.3 Å². The molecule has 0 fully saturated rings. The highest BCUT2D eigenvalue weighted by Gasteiger charge is 2.21. The standard InChI is InChI=1S/C35H67N7O7/c1-33(2,3)47-30(44)39-28(36-10)37-23-19-15-11-13-17-21-25-42(27-43)26-22-18-14-12-16-20-24-38-29(40-31(45)48-34(4,5)6)41-32(46)49-35(7,8)9/h27H,11-26H2,1-10H3,(H2,36,37,39,44)(H2,38,40,41,45,46). The summed E-state index contributed by atoms with van der Waals surface area (Å²) in [7, 11) is 1.62. The Morgan fingerprint density at radius 2 is 0.939 bits per heavy atom. The van der Waals surface area contributed by atoms with Gasteiger partial charge in [0.1, 0.15) is 16.8 Å². The molecule has 0 spiro atoms. The molecule has 0 aromatic carbocycles. The number of ether oxygens (including phenoxy) is 3. The molecule has 0 rings (SSSR count). The first-order valence-electron chi connectivity index (χ1n) is 17.8. The Kier molecular flexibility index (Phi) is 22.7. The Labute approximate surface area is 295 Å². The van der Waals surface area contributed by atoms with Crippen molar-refractivity contribution in [2.24, 2.45) is 9.98 Å². The van der Waals surface area contributed by atoms with Gasteiger partial charge in [0.05, 0.1) is 0 Å². The SMILES string of the molecule is CN=C(NCCCCCCCCN(C=O)CCCCCCCCN=C(NC(=O)OC(C)(C)C)NC(=O)OC(C)(C)C)NC(=O)OC(C)(C)C. The predicted octanol–water partition coefficient (Wildman–Crippen LogP) is 6.63. The second-order valence-corrected chi connectivity index (χ2v) is 15.0. The lowest BCUT2D eigenvalue weighted by atomic mass is 10.1. The molecule has 0 aliphatic carbocycles. The first-order valence-corrected chi connectivity index (χ1v) is 17.8. The number of amides is 4. The first-order chi connectivity index (χ1) is 22.8. The van der Waals surface area contributed by atoms with Crippen LogP contribution >= 0.6 is 0 Å². The summed E-state index contributed by atoms with van der Waals surface area (Å²) in [5.74, 6) is 0.404. The molecular weight excluding hydrogens is 630 g/mol. The van der Waals surface area contributed by atoms with Crippen molar-refractivity contribution in [2.75, 3.05) is 33.2 Å². The minimum Gasteiger partial charge on any atom is -0.444 e. The van der Waals surface area contributed by atoms with Crippen molar-refractivity contribution in [3.05, 3.63) is 0 Å². The molecule has 4 N–H and O–H groups in total. The fourth-order valence-electron chi connectivity index (χ4n) is 4.39. The van der Waals surface area contributed by atoms with E-state index in [1.165, 1.54) is 0 Å². The smallest absolute Gasteiger partial charge is 0.414 e. The fourth-order valence-corrected chi connectivity index (χ4v) is 4.39. The molecule has 0 aliphatic heterocycles. The summed E-state index contributed by atoms with van der Waals surface area (Å²) in [5.41, 5.74) is -1.94. The molecular formula is C35H67N7O7. The Bertz CT molecular complexity index is 997. The van der Waals surface area contributed by atoms with Gasteiger partial charge in [-0.1, -0.05) is 51.4 Å². The van der Waals surface area contributed by atoms with E-state index in [0.29, 0.717) is 12.5 Å². The summed E-state index contributed by atoms with van der Waals surface area (Å²) in [6.07, 6.45) is 11.3. The molecule has 0 atom stereocenters. The third-order valence-electron chi connectivity index (χ3n) is 6.52. The maximum absolute atomic E-state index is 12.2. The second kappa shape index (κ2) is 24.5. The molecule has 49 heavy (non-hydrogen) atoms. The van der Waals surface area contributed by atoms with E-state index in [9.17, 15) is 19.2 Å². The lowest BCUT2D eigenvalue weighted by molar-refractivity contribution is -0.118. The van der Waals surface area contributed by atoms with Crippen molar-refractivity contribution >= 4 is 36.6 Å². The molecule has 0 radical (unpaired) electrons. The summed E-state index contributed by atoms with van der Waals surface area (Å²) in [4.78, 5) is 58.1. The normalized spacial score (nSPS) is 12.0. The number of carbonyl (C=O) groups is 4. The van der Waals surface area contributed by atoms with Crippen LogP contribution in [0.3, 0.4) is 0 Å². The predicted molar refractivity (Wildman–Crippen MR) is 195 cm³/mol. The first kappa shape index (κ1) is 45.4. The van der Waals surface area contributed by atoms with Crippen molar-refractivity contribution in [2.45, 2.75) is 156 Å². The minimum absolute atomic E-state index is 0.00256. The molecule has 0 unspecified atom stereocenters. The number of alkyl carbamates (subject to hydrolysis) is 3. The molecule has 0 aliphatic rings. The van der Waals surface area contributed by atoms with Crippen molar-refractivity contribution in [3.63, 3.8) is 0 Å². The van der Waals surface area contributed by atoms with Crippen molar-refractivity contribution in [1.29, 1.82) is 0 Å². The van der Waals surface area contributed by atoms with Gasteiger partial charge in [0.25, 0.3) is 0 Å². The number of rotatable bonds is 19. The number of aliphatic imine (C=N–C) groups is 2. The van der Waals surface area contributed by atoms with Gasteiger partial charge in [-0.2, -0.15) is 0 Å². The molecule has 0 heterocycles. The van der Waals surface area contributed by atoms with Crippen LogP contribution in [0, 0.1) is 0 Å². The van der Waals surface area contributed by atoms with Gasteiger partial charge in [0.2, 0.25) is 18.3 Å². The molecule has 4 amide bonds. The van der Waals surface area contributed by atoms with Gasteiger partial charge >= 0.3 is 18.3 Å². The van der Waals surface area contributed by atoms with Gasteiger partial charge in [-0.25, -0.2) is 14.4 Å². The molecule has 284 valence electrons. The summed E-state index contributed by atoms with van der Waals surface area (Å²) < 4.78 is 15.8. The van der Waals surface area contributed by atoms with E-state index >= 15 is 0 Å². The number of nitrogens with zero attached hydrogens (tertiary/aromatic N) is 3. The average molecular weight is 698 g/mol. The minimum atomic E-state index is -0.708. The third-order valence-corrected chi connectivity index (χ3v) is 6.52. The maximum Gasteiger partial charge on any atom is 0.414 e. The fraction of sp³-hybridized carbons (Fsp3) is 0.829. The lowest BCUT2D eigenvalue weighted by Gasteiger charge is -2.22. The molecule has 0 bridgehead atoms. The molecule has 0 saturated carbocycles. The van der Waals surface area contributed by atoms with Crippen molar-refractivity contribution < 1.29 is 33.4 Å². The molecule has 14 heteroatoms. The number of hydrogen-bond acceptors (Lipinski definition) is 9.